The van der Waals surface area contributed by atoms with Gasteiger partial charge in [0.25, 0.3) is 0 Å². The number of carbonyl (C=O) groups excluding carboxylic acids is 4. The molecule has 0 aliphatic heterocycles. The summed E-state index contributed by atoms with van der Waals surface area (Å²) in [5.41, 5.74) is 0. The van der Waals surface area contributed by atoms with E-state index in [9.17, 15) is 43.2 Å². The van der Waals surface area contributed by atoms with Crippen LogP contribution in [0.15, 0.2) is 0 Å². The van der Waals surface area contributed by atoms with E-state index < -0.39 is 97.5 Å². The van der Waals surface area contributed by atoms with Gasteiger partial charge in [0, 0.05) is 25.7 Å². The van der Waals surface area contributed by atoms with E-state index in [1.54, 1.807) is 0 Å². The van der Waals surface area contributed by atoms with Crippen molar-refractivity contribution in [3.63, 3.8) is 0 Å². The quantitative estimate of drug-likeness (QED) is 0.0222. The van der Waals surface area contributed by atoms with E-state index in [2.05, 4.69) is 41.5 Å². The number of phosphoric ester groups is 2. The summed E-state index contributed by atoms with van der Waals surface area (Å²) in [7, 11) is -9.88. The molecule has 0 aromatic heterocycles. The van der Waals surface area contributed by atoms with Crippen LogP contribution in [0.4, 0.5) is 0 Å². The summed E-state index contributed by atoms with van der Waals surface area (Å²) >= 11 is 0. The lowest BCUT2D eigenvalue weighted by Gasteiger charge is -2.21. The molecule has 0 heterocycles. The van der Waals surface area contributed by atoms with Gasteiger partial charge in [0.15, 0.2) is 12.2 Å². The van der Waals surface area contributed by atoms with Crippen molar-refractivity contribution in [2.75, 3.05) is 39.6 Å². The van der Waals surface area contributed by atoms with Gasteiger partial charge in [0.2, 0.25) is 0 Å². The van der Waals surface area contributed by atoms with Crippen LogP contribution in [0.2, 0.25) is 0 Å². The monoisotopic (exact) mass is 1210 g/mol. The topological polar surface area (TPSA) is 237 Å². The number of hydrogen-bond acceptors (Lipinski definition) is 15. The Morgan fingerprint density at radius 3 is 0.927 bits per heavy atom. The molecule has 0 saturated carbocycles. The number of aliphatic hydroxyl groups is 1. The normalized spacial score (nSPS) is 14.7. The second-order valence-corrected chi connectivity index (χ2v) is 26.4. The average molecular weight is 1210 g/mol. The van der Waals surface area contributed by atoms with Crippen LogP contribution in [0.1, 0.15) is 311 Å². The van der Waals surface area contributed by atoms with Crippen LogP contribution < -0.4 is 0 Å². The Morgan fingerprint density at radius 2 is 0.622 bits per heavy atom. The Labute approximate surface area is 498 Å². The zero-order chi connectivity index (χ0) is 60.8. The first-order valence-electron chi connectivity index (χ1n) is 33.0. The van der Waals surface area contributed by atoms with Crippen molar-refractivity contribution in [1.82, 2.24) is 0 Å². The number of hydrogen-bond donors (Lipinski definition) is 3. The zero-order valence-corrected chi connectivity index (χ0v) is 54.6. The van der Waals surface area contributed by atoms with Crippen LogP contribution in [0, 0.1) is 11.8 Å². The van der Waals surface area contributed by atoms with Crippen LogP contribution in [0.25, 0.3) is 0 Å². The van der Waals surface area contributed by atoms with Crippen molar-refractivity contribution in [3.8, 4) is 0 Å². The smallest absolute Gasteiger partial charge is 0.462 e. The molecule has 0 aliphatic carbocycles. The lowest BCUT2D eigenvalue weighted by molar-refractivity contribution is -0.161. The maximum Gasteiger partial charge on any atom is 0.472 e. The van der Waals surface area contributed by atoms with Gasteiger partial charge in [-0.2, -0.15) is 0 Å². The third-order valence-corrected chi connectivity index (χ3v) is 16.7. The van der Waals surface area contributed by atoms with Gasteiger partial charge < -0.3 is 33.8 Å². The van der Waals surface area contributed by atoms with Crippen molar-refractivity contribution in [2.24, 2.45) is 11.8 Å². The van der Waals surface area contributed by atoms with Crippen molar-refractivity contribution in [1.29, 1.82) is 0 Å². The molecule has 0 bridgehead atoms. The van der Waals surface area contributed by atoms with Crippen LogP contribution in [-0.4, -0.2) is 96.7 Å². The van der Waals surface area contributed by atoms with Gasteiger partial charge in [-0.05, 0) is 37.5 Å². The molecule has 0 aliphatic rings. The predicted molar refractivity (Wildman–Crippen MR) is 326 cm³/mol. The van der Waals surface area contributed by atoms with Gasteiger partial charge in [0.05, 0.1) is 26.4 Å². The number of rotatable bonds is 62. The summed E-state index contributed by atoms with van der Waals surface area (Å²) in [5.74, 6) is -0.714. The fourth-order valence-electron chi connectivity index (χ4n) is 9.32. The molecule has 486 valence electrons. The zero-order valence-electron chi connectivity index (χ0n) is 52.8. The molecule has 19 heteroatoms. The molecule has 3 N–H and O–H groups in total. The van der Waals surface area contributed by atoms with Crippen molar-refractivity contribution in [3.05, 3.63) is 0 Å². The van der Waals surface area contributed by atoms with E-state index in [-0.39, 0.29) is 25.7 Å². The highest BCUT2D eigenvalue weighted by Gasteiger charge is 2.30. The van der Waals surface area contributed by atoms with E-state index >= 15 is 0 Å². The largest absolute Gasteiger partial charge is 0.472 e. The molecule has 17 nitrogen and oxygen atoms in total. The Kier molecular flexibility index (Phi) is 54.3. The number of ether oxygens (including phenoxy) is 4. The van der Waals surface area contributed by atoms with Crippen molar-refractivity contribution >= 4 is 39.5 Å². The lowest BCUT2D eigenvalue weighted by atomic mass is 10.00. The third kappa shape index (κ3) is 55.9. The van der Waals surface area contributed by atoms with Crippen molar-refractivity contribution in [2.45, 2.75) is 330 Å². The van der Waals surface area contributed by atoms with Gasteiger partial charge in [-0.1, -0.05) is 260 Å². The molecule has 82 heavy (non-hydrogen) atoms. The first-order chi connectivity index (χ1) is 39.4. The van der Waals surface area contributed by atoms with E-state index in [0.29, 0.717) is 31.6 Å². The highest BCUT2D eigenvalue weighted by atomic mass is 31.2. The van der Waals surface area contributed by atoms with Gasteiger partial charge in [-0.15, -0.1) is 0 Å². The first kappa shape index (κ1) is 80.1. The molecule has 0 aromatic carbocycles. The van der Waals surface area contributed by atoms with Gasteiger partial charge >= 0.3 is 39.5 Å². The second-order valence-electron chi connectivity index (χ2n) is 23.5. The Morgan fingerprint density at radius 1 is 0.354 bits per heavy atom. The summed E-state index contributed by atoms with van der Waals surface area (Å²) < 4.78 is 67.9. The summed E-state index contributed by atoms with van der Waals surface area (Å²) in [6.45, 7) is 9.36. The third-order valence-electron chi connectivity index (χ3n) is 14.8. The van der Waals surface area contributed by atoms with E-state index in [0.717, 1.165) is 109 Å². The summed E-state index contributed by atoms with van der Waals surface area (Å²) in [4.78, 5) is 72.1. The SMILES string of the molecule is CCCCCCCCCCCCCCCCC(=O)O[C@H](COC(=O)CCCCCCCCCC(C)C)COP(=O)(O)OC[C@@H](O)COP(=O)(O)OC[C@@H](COC(=O)CCCCCCCCCC)OC(=O)CCCCCCCCC(C)CC. The highest BCUT2D eigenvalue weighted by molar-refractivity contribution is 7.47. The van der Waals surface area contributed by atoms with Gasteiger partial charge in [0.1, 0.15) is 19.3 Å². The molecule has 0 rings (SSSR count). The van der Waals surface area contributed by atoms with Crippen LogP contribution in [0.3, 0.4) is 0 Å². The minimum absolute atomic E-state index is 0.103. The standard InChI is InChI=1S/C63H122O17P2/c1-7-10-12-14-16-18-19-20-21-22-23-27-35-41-47-62(67)79-58(51-74-61(66)46-40-34-28-24-25-31-37-43-55(4)5)53-77-81(69,70)75-49-57(64)50-76-82(71,72)78-54-59(52-73-60(65)45-39-33-26-17-15-13-11-8-2)80-63(68)48-42-36-30-29-32-38-44-56(6)9-3/h55-59,64H,7-54H2,1-6H3,(H,69,70)(H,71,72)/t56?,57-,58-,59-/m1/s1. The second kappa shape index (κ2) is 55.6. The summed E-state index contributed by atoms with van der Waals surface area (Å²) in [6, 6.07) is 0. The van der Waals surface area contributed by atoms with Crippen LogP contribution in [0.5, 0.6) is 0 Å². The molecule has 0 fully saturated rings. The maximum absolute atomic E-state index is 13.0. The number of unbranched alkanes of at least 4 members (excludes halogenated alkanes) is 31. The molecule has 0 saturated heterocycles. The van der Waals surface area contributed by atoms with Crippen LogP contribution >= 0.6 is 15.6 Å². The van der Waals surface area contributed by atoms with E-state index in [1.165, 1.54) is 116 Å². The fourth-order valence-corrected chi connectivity index (χ4v) is 10.9. The summed E-state index contributed by atoms with van der Waals surface area (Å²) in [6.07, 6.45) is 37.7. The minimum atomic E-state index is -4.94. The molecule has 0 spiro atoms. The minimum Gasteiger partial charge on any atom is -0.462 e. The molecule has 6 atom stereocenters. The molecule has 0 aromatic rings. The molecular formula is C63H122O17P2. The number of aliphatic hydroxyl groups excluding tert-OH is 1. The maximum atomic E-state index is 13.0. The van der Waals surface area contributed by atoms with E-state index in [4.69, 9.17) is 37.0 Å². The number of carbonyl (C=O) groups is 4. The summed E-state index contributed by atoms with van der Waals surface area (Å²) in [5, 5.41) is 10.5. The predicted octanol–water partition coefficient (Wildman–Crippen LogP) is 17.3. The lowest BCUT2D eigenvalue weighted by Crippen LogP contribution is -2.30. The molecule has 0 radical (unpaired) electrons. The van der Waals surface area contributed by atoms with E-state index in [1.807, 2.05) is 0 Å². The first-order valence-corrected chi connectivity index (χ1v) is 36.0. The Bertz CT molecular complexity index is 1620. The Balaban J connectivity index is 5.23. The average Bonchev–Trinajstić information content (AvgIpc) is 3.46. The highest BCUT2D eigenvalue weighted by Crippen LogP contribution is 2.45. The number of phosphoric acid groups is 2. The molecule has 0 amide bonds. The Hall–Kier alpha value is -1.94. The number of esters is 4. The molecule has 3 unspecified atom stereocenters. The fraction of sp³-hybridized carbons (Fsp3) is 0.937. The molecular weight excluding hydrogens is 1090 g/mol. The van der Waals surface area contributed by atoms with Gasteiger partial charge in [-0.3, -0.25) is 37.3 Å². The van der Waals surface area contributed by atoms with Crippen LogP contribution in [-0.2, 0) is 65.4 Å². The van der Waals surface area contributed by atoms with Gasteiger partial charge in [-0.25, -0.2) is 9.13 Å². The van der Waals surface area contributed by atoms with Crippen molar-refractivity contribution < 1.29 is 80.2 Å².